The number of nitrogens with one attached hydrogen (secondary N) is 1. The minimum absolute atomic E-state index is 0.285. The Balaban J connectivity index is 1.63. The van der Waals surface area contributed by atoms with Gasteiger partial charge in [-0.3, -0.25) is 9.10 Å². The van der Waals surface area contributed by atoms with E-state index in [-0.39, 0.29) is 6.54 Å². The number of amides is 1. The molecule has 0 atom stereocenters. The fraction of sp³-hybridized carbons (Fsp3) is 0.208. The van der Waals surface area contributed by atoms with Gasteiger partial charge in [0.05, 0.1) is 11.9 Å². The van der Waals surface area contributed by atoms with Crippen LogP contribution in [-0.4, -0.2) is 27.1 Å². The van der Waals surface area contributed by atoms with Gasteiger partial charge in [0.15, 0.2) is 0 Å². The summed E-state index contributed by atoms with van der Waals surface area (Å²) in [6.45, 7) is 3.59. The van der Waals surface area contributed by atoms with Gasteiger partial charge in [-0.15, -0.1) is 11.8 Å². The average molecular weight is 455 g/mol. The molecule has 162 valence electrons. The Morgan fingerprint density at radius 2 is 1.61 bits per heavy atom. The molecular weight excluding hydrogens is 428 g/mol. The predicted octanol–water partition coefficient (Wildman–Crippen LogP) is 5.00. The molecule has 0 spiro atoms. The van der Waals surface area contributed by atoms with Gasteiger partial charge in [-0.05, 0) is 66.9 Å². The summed E-state index contributed by atoms with van der Waals surface area (Å²) in [5, 5.41) is 2.79. The first kappa shape index (κ1) is 22.9. The van der Waals surface area contributed by atoms with E-state index >= 15 is 0 Å². The number of hydrogen-bond acceptors (Lipinski definition) is 4. The minimum Gasteiger partial charge on any atom is -0.325 e. The molecule has 0 heterocycles. The van der Waals surface area contributed by atoms with Crippen molar-refractivity contribution in [3.8, 4) is 0 Å². The fourth-order valence-corrected chi connectivity index (χ4v) is 4.70. The Hall–Kier alpha value is -2.77. The van der Waals surface area contributed by atoms with E-state index in [1.54, 1.807) is 23.9 Å². The lowest BCUT2D eigenvalue weighted by Gasteiger charge is -2.22. The SMILES string of the molecule is Cc1ccc(N(CC(=O)Nc2ccc(CSc3ccccc3)cc2)S(C)(=O)=O)cc1C. The van der Waals surface area contributed by atoms with Gasteiger partial charge in [0.25, 0.3) is 0 Å². The molecule has 0 bridgehead atoms. The van der Waals surface area contributed by atoms with E-state index in [1.807, 2.05) is 62.4 Å². The third-order valence-corrected chi connectivity index (χ3v) is 7.08. The van der Waals surface area contributed by atoms with E-state index in [0.29, 0.717) is 11.4 Å². The monoisotopic (exact) mass is 454 g/mol. The van der Waals surface area contributed by atoms with Crippen molar-refractivity contribution >= 4 is 39.1 Å². The van der Waals surface area contributed by atoms with Gasteiger partial charge in [-0.25, -0.2) is 8.42 Å². The van der Waals surface area contributed by atoms with Crippen LogP contribution in [0.25, 0.3) is 0 Å². The van der Waals surface area contributed by atoms with Crippen LogP contribution in [0, 0.1) is 13.8 Å². The zero-order valence-electron chi connectivity index (χ0n) is 17.8. The molecule has 0 saturated carbocycles. The highest BCUT2D eigenvalue weighted by Gasteiger charge is 2.21. The van der Waals surface area contributed by atoms with Gasteiger partial charge in [0.1, 0.15) is 6.54 Å². The minimum atomic E-state index is -3.61. The van der Waals surface area contributed by atoms with Crippen molar-refractivity contribution < 1.29 is 13.2 Å². The molecule has 1 amide bonds. The lowest BCUT2D eigenvalue weighted by atomic mass is 10.1. The number of carbonyl (C=O) groups is 1. The number of rotatable bonds is 8. The van der Waals surface area contributed by atoms with Crippen molar-refractivity contribution in [1.29, 1.82) is 0 Å². The molecule has 3 rings (SSSR count). The number of anilines is 2. The average Bonchev–Trinajstić information content (AvgIpc) is 2.73. The summed E-state index contributed by atoms with van der Waals surface area (Å²) >= 11 is 1.74. The molecule has 3 aromatic rings. The number of aryl methyl sites for hydroxylation is 2. The third-order valence-electron chi connectivity index (χ3n) is 4.85. The number of nitrogens with zero attached hydrogens (tertiary/aromatic N) is 1. The van der Waals surface area contributed by atoms with E-state index in [9.17, 15) is 13.2 Å². The van der Waals surface area contributed by atoms with Crippen LogP contribution in [0.4, 0.5) is 11.4 Å². The first-order valence-electron chi connectivity index (χ1n) is 9.84. The van der Waals surface area contributed by atoms with Crippen LogP contribution < -0.4 is 9.62 Å². The van der Waals surface area contributed by atoms with Crippen molar-refractivity contribution in [3.05, 3.63) is 89.5 Å². The van der Waals surface area contributed by atoms with Crippen LogP contribution in [-0.2, 0) is 20.6 Å². The summed E-state index contributed by atoms with van der Waals surface area (Å²) in [6, 6.07) is 23.1. The molecular formula is C24H26N2O3S2. The topological polar surface area (TPSA) is 66.5 Å². The van der Waals surface area contributed by atoms with Crippen LogP contribution in [0.2, 0.25) is 0 Å². The van der Waals surface area contributed by atoms with Gasteiger partial charge in [0.2, 0.25) is 15.9 Å². The molecule has 0 saturated heterocycles. The van der Waals surface area contributed by atoms with E-state index in [0.717, 1.165) is 33.0 Å². The maximum Gasteiger partial charge on any atom is 0.245 e. The summed E-state index contributed by atoms with van der Waals surface area (Å²) in [5.41, 5.74) is 4.28. The zero-order valence-corrected chi connectivity index (χ0v) is 19.5. The van der Waals surface area contributed by atoms with Crippen molar-refractivity contribution in [2.45, 2.75) is 24.5 Å². The summed E-state index contributed by atoms with van der Waals surface area (Å²) in [5.74, 6) is 0.433. The van der Waals surface area contributed by atoms with E-state index in [2.05, 4.69) is 17.4 Å². The zero-order chi connectivity index (χ0) is 22.4. The normalized spacial score (nSPS) is 11.2. The lowest BCUT2D eigenvalue weighted by Crippen LogP contribution is -2.37. The van der Waals surface area contributed by atoms with Crippen LogP contribution in [0.15, 0.2) is 77.7 Å². The number of sulfonamides is 1. The Morgan fingerprint density at radius 3 is 2.23 bits per heavy atom. The second kappa shape index (κ2) is 10.0. The van der Waals surface area contributed by atoms with Gasteiger partial charge >= 0.3 is 0 Å². The molecule has 0 fully saturated rings. The quantitative estimate of drug-likeness (QED) is 0.487. The second-order valence-corrected chi connectivity index (χ2v) is 10.3. The molecule has 0 aliphatic heterocycles. The first-order valence-corrected chi connectivity index (χ1v) is 12.7. The van der Waals surface area contributed by atoms with Gasteiger partial charge in [0, 0.05) is 16.3 Å². The molecule has 0 unspecified atom stereocenters. The van der Waals surface area contributed by atoms with Crippen LogP contribution >= 0.6 is 11.8 Å². The van der Waals surface area contributed by atoms with Gasteiger partial charge < -0.3 is 5.32 Å². The van der Waals surface area contributed by atoms with Crippen LogP contribution in [0.3, 0.4) is 0 Å². The lowest BCUT2D eigenvalue weighted by molar-refractivity contribution is -0.114. The maximum absolute atomic E-state index is 12.6. The largest absolute Gasteiger partial charge is 0.325 e. The Bertz CT molecular complexity index is 1150. The highest BCUT2D eigenvalue weighted by atomic mass is 32.2. The molecule has 3 aromatic carbocycles. The maximum atomic E-state index is 12.6. The number of benzene rings is 3. The van der Waals surface area contributed by atoms with Gasteiger partial charge in [-0.1, -0.05) is 36.4 Å². The van der Waals surface area contributed by atoms with Crippen molar-refractivity contribution in [2.24, 2.45) is 0 Å². The Labute approximate surface area is 188 Å². The predicted molar refractivity (Wildman–Crippen MR) is 129 cm³/mol. The highest BCUT2D eigenvalue weighted by Crippen LogP contribution is 2.24. The molecule has 5 nitrogen and oxygen atoms in total. The van der Waals surface area contributed by atoms with Crippen molar-refractivity contribution in [1.82, 2.24) is 0 Å². The summed E-state index contributed by atoms with van der Waals surface area (Å²) < 4.78 is 25.7. The fourth-order valence-electron chi connectivity index (χ4n) is 2.98. The smallest absolute Gasteiger partial charge is 0.245 e. The summed E-state index contributed by atoms with van der Waals surface area (Å²) in [7, 11) is -3.61. The third kappa shape index (κ3) is 6.60. The van der Waals surface area contributed by atoms with E-state index in [4.69, 9.17) is 0 Å². The Morgan fingerprint density at radius 1 is 0.935 bits per heavy atom. The van der Waals surface area contributed by atoms with Crippen LogP contribution in [0.5, 0.6) is 0 Å². The standard InChI is InChI=1S/C24H26N2O3S2/c1-18-9-14-22(15-19(18)2)26(31(3,28)29)16-24(27)25-21-12-10-20(11-13-21)17-30-23-7-5-4-6-8-23/h4-15H,16-17H2,1-3H3,(H,25,27). The summed E-state index contributed by atoms with van der Waals surface area (Å²) in [4.78, 5) is 13.8. The molecule has 1 N–H and O–H groups in total. The van der Waals surface area contributed by atoms with Crippen molar-refractivity contribution in [3.63, 3.8) is 0 Å². The van der Waals surface area contributed by atoms with Crippen molar-refractivity contribution in [2.75, 3.05) is 22.4 Å². The van der Waals surface area contributed by atoms with E-state index in [1.165, 1.54) is 4.90 Å². The first-order chi connectivity index (χ1) is 14.7. The number of carbonyl (C=O) groups excluding carboxylic acids is 1. The second-order valence-electron chi connectivity index (χ2n) is 7.39. The molecule has 0 aliphatic rings. The number of thioether (sulfide) groups is 1. The molecule has 0 aromatic heterocycles. The molecule has 0 radical (unpaired) electrons. The van der Waals surface area contributed by atoms with Gasteiger partial charge in [-0.2, -0.15) is 0 Å². The summed E-state index contributed by atoms with van der Waals surface area (Å²) in [6.07, 6.45) is 1.11. The molecule has 31 heavy (non-hydrogen) atoms. The molecule has 0 aliphatic carbocycles. The van der Waals surface area contributed by atoms with Crippen LogP contribution in [0.1, 0.15) is 16.7 Å². The number of hydrogen-bond donors (Lipinski definition) is 1. The van der Waals surface area contributed by atoms with E-state index < -0.39 is 15.9 Å². The molecule has 7 heteroatoms. The highest BCUT2D eigenvalue weighted by molar-refractivity contribution is 7.98. The Kier molecular flexibility index (Phi) is 7.41.